The third-order valence-electron chi connectivity index (χ3n) is 2.95. The number of rotatable bonds is 3. The van der Waals surface area contributed by atoms with Gasteiger partial charge in [-0.3, -0.25) is 0 Å². The molecule has 0 aliphatic rings. The summed E-state index contributed by atoms with van der Waals surface area (Å²) in [6.45, 7) is 4.31. The van der Waals surface area contributed by atoms with Gasteiger partial charge < -0.3 is 4.74 Å². The number of ether oxygens (including phenoxy) is 1. The third kappa shape index (κ3) is 3.11. The van der Waals surface area contributed by atoms with E-state index in [0.29, 0.717) is 6.61 Å². The van der Waals surface area contributed by atoms with Crippen LogP contribution in [0.5, 0.6) is 5.75 Å². The van der Waals surface area contributed by atoms with E-state index >= 15 is 0 Å². The van der Waals surface area contributed by atoms with Crippen LogP contribution in [0.3, 0.4) is 0 Å². The van der Waals surface area contributed by atoms with Crippen LogP contribution in [0, 0.1) is 31.0 Å². The average molecular weight is 255 g/mol. The molecule has 0 amide bonds. The van der Waals surface area contributed by atoms with Gasteiger partial charge in [-0.05, 0) is 43.2 Å². The van der Waals surface area contributed by atoms with Crippen molar-refractivity contribution in [3.8, 4) is 11.8 Å². The molecule has 0 aromatic heterocycles. The SMILES string of the molecule is Cc1ccc(C)c(COc2ccc(C#N)cc2F)c1. The Kier molecular flexibility index (Phi) is 3.82. The first-order chi connectivity index (χ1) is 9.10. The molecular formula is C16H14FNO. The summed E-state index contributed by atoms with van der Waals surface area (Å²) in [4.78, 5) is 0. The Hall–Kier alpha value is -2.34. The van der Waals surface area contributed by atoms with Crippen molar-refractivity contribution >= 4 is 0 Å². The Balaban J connectivity index is 2.15. The third-order valence-corrected chi connectivity index (χ3v) is 2.95. The topological polar surface area (TPSA) is 33.0 Å². The summed E-state index contributed by atoms with van der Waals surface area (Å²) in [6.07, 6.45) is 0. The molecule has 2 aromatic carbocycles. The van der Waals surface area contributed by atoms with Crippen LogP contribution in [-0.2, 0) is 6.61 Å². The van der Waals surface area contributed by atoms with Gasteiger partial charge in [-0.2, -0.15) is 5.26 Å². The summed E-state index contributed by atoms with van der Waals surface area (Å²) >= 11 is 0. The minimum Gasteiger partial charge on any atom is -0.486 e. The van der Waals surface area contributed by atoms with Crippen LogP contribution in [0.15, 0.2) is 36.4 Å². The van der Waals surface area contributed by atoms with Gasteiger partial charge in [0.25, 0.3) is 0 Å². The zero-order chi connectivity index (χ0) is 13.8. The van der Waals surface area contributed by atoms with Crippen LogP contribution in [-0.4, -0.2) is 0 Å². The standard InChI is InChI=1S/C16H14FNO/c1-11-3-4-12(2)14(7-11)10-19-16-6-5-13(9-18)8-15(16)17/h3-8H,10H2,1-2H3. The fourth-order valence-corrected chi connectivity index (χ4v) is 1.80. The molecule has 0 aliphatic carbocycles. The molecule has 0 spiro atoms. The fraction of sp³-hybridized carbons (Fsp3) is 0.188. The molecule has 0 aliphatic heterocycles. The predicted octanol–water partition coefficient (Wildman–Crippen LogP) is 3.89. The first-order valence-corrected chi connectivity index (χ1v) is 5.99. The summed E-state index contributed by atoms with van der Waals surface area (Å²) in [6, 6.07) is 12.2. The Morgan fingerprint density at radius 2 is 1.95 bits per heavy atom. The van der Waals surface area contributed by atoms with Crippen LogP contribution in [0.1, 0.15) is 22.3 Å². The second-order valence-electron chi connectivity index (χ2n) is 4.48. The van der Waals surface area contributed by atoms with E-state index in [1.165, 1.54) is 12.1 Å². The van der Waals surface area contributed by atoms with Crippen LogP contribution in [0.4, 0.5) is 4.39 Å². The molecule has 0 saturated heterocycles. The number of hydrogen-bond acceptors (Lipinski definition) is 2. The highest BCUT2D eigenvalue weighted by Crippen LogP contribution is 2.20. The number of nitrogens with zero attached hydrogens (tertiary/aromatic N) is 1. The van der Waals surface area contributed by atoms with Gasteiger partial charge in [0.05, 0.1) is 11.6 Å². The first-order valence-electron chi connectivity index (χ1n) is 5.99. The van der Waals surface area contributed by atoms with Gasteiger partial charge in [-0.15, -0.1) is 0 Å². The van der Waals surface area contributed by atoms with E-state index in [2.05, 4.69) is 0 Å². The molecule has 19 heavy (non-hydrogen) atoms. The Bertz CT molecular complexity index is 644. The highest BCUT2D eigenvalue weighted by atomic mass is 19.1. The second-order valence-corrected chi connectivity index (χ2v) is 4.48. The molecule has 0 atom stereocenters. The van der Waals surface area contributed by atoms with E-state index < -0.39 is 5.82 Å². The summed E-state index contributed by atoms with van der Waals surface area (Å²) in [7, 11) is 0. The molecule has 2 aromatic rings. The lowest BCUT2D eigenvalue weighted by Crippen LogP contribution is -2.00. The van der Waals surface area contributed by atoms with Crippen molar-refractivity contribution in [1.29, 1.82) is 5.26 Å². The molecule has 0 radical (unpaired) electrons. The smallest absolute Gasteiger partial charge is 0.166 e. The van der Waals surface area contributed by atoms with Crippen molar-refractivity contribution in [2.24, 2.45) is 0 Å². The van der Waals surface area contributed by atoms with E-state index in [0.717, 1.165) is 16.7 Å². The summed E-state index contributed by atoms with van der Waals surface area (Å²) < 4.78 is 19.1. The molecule has 2 nitrogen and oxygen atoms in total. The number of nitriles is 1. The van der Waals surface area contributed by atoms with Crippen LogP contribution < -0.4 is 4.74 Å². The monoisotopic (exact) mass is 255 g/mol. The van der Waals surface area contributed by atoms with Crippen LogP contribution in [0.2, 0.25) is 0 Å². The Morgan fingerprint density at radius 1 is 1.16 bits per heavy atom. The largest absolute Gasteiger partial charge is 0.486 e. The van der Waals surface area contributed by atoms with Gasteiger partial charge >= 0.3 is 0 Å². The highest BCUT2D eigenvalue weighted by Gasteiger charge is 2.06. The lowest BCUT2D eigenvalue weighted by molar-refractivity contribution is 0.289. The van der Waals surface area contributed by atoms with E-state index in [1.54, 1.807) is 6.07 Å². The maximum atomic E-state index is 13.6. The minimum atomic E-state index is -0.510. The average Bonchev–Trinajstić information content (AvgIpc) is 2.40. The molecule has 0 bridgehead atoms. The zero-order valence-electron chi connectivity index (χ0n) is 10.9. The van der Waals surface area contributed by atoms with Crippen molar-refractivity contribution in [3.63, 3.8) is 0 Å². The van der Waals surface area contributed by atoms with Crippen molar-refractivity contribution in [2.75, 3.05) is 0 Å². The molecule has 2 rings (SSSR count). The van der Waals surface area contributed by atoms with Crippen molar-refractivity contribution in [2.45, 2.75) is 20.5 Å². The number of halogens is 1. The van der Waals surface area contributed by atoms with Crippen molar-refractivity contribution in [3.05, 3.63) is 64.5 Å². The Labute approximate surface area is 112 Å². The van der Waals surface area contributed by atoms with Gasteiger partial charge in [0.1, 0.15) is 6.61 Å². The molecule has 0 unspecified atom stereocenters. The molecular weight excluding hydrogens is 241 g/mol. The van der Waals surface area contributed by atoms with Gasteiger partial charge in [-0.25, -0.2) is 4.39 Å². The first kappa shape index (κ1) is 13.1. The van der Waals surface area contributed by atoms with Crippen LogP contribution in [0.25, 0.3) is 0 Å². The number of aryl methyl sites for hydroxylation is 2. The van der Waals surface area contributed by atoms with Crippen molar-refractivity contribution < 1.29 is 9.13 Å². The minimum absolute atomic E-state index is 0.167. The quantitative estimate of drug-likeness (QED) is 0.833. The van der Waals surface area contributed by atoms with Crippen molar-refractivity contribution in [1.82, 2.24) is 0 Å². The van der Waals surface area contributed by atoms with Gasteiger partial charge in [0, 0.05) is 0 Å². The summed E-state index contributed by atoms with van der Waals surface area (Å²) in [5, 5.41) is 8.67. The Morgan fingerprint density at radius 3 is 2.63 bits per heavy atom. The predicted molar refractivity (Wildman–Crippen MR) is 71.4 cm³/mol. The maximum absolute atomic E-state index is 13.6. The van der Waals surface area contributed by atoms with E-state index in [9.17, 15) is 4.39 Å². The summed E-state index contributed by atoms with van der Waals surface area (Å²) in [5.74, 6) is -0.343. The van der Waals surface area contributed by atoms with Gasteiger partial charge in [0.15, 0.2) is 11.6 Å². The van der Waals surface area contributed by atoms with Gasteiger partial charge in [-0.1, -0.05) is 23.8 Å². The van der Waals surface area contributed by atoms with E-state index in [4.69, 9.17) is 10.00 Å². The fourth-order valence-electron chi connectivity index (χ4n) is 1.80. The normalized spacial score (nSPS) is 10.0. The highest BCUT2D eigenvalue weighted by molar-refractivity contribution is 5.36. The molecule has 0 N–H and O–H groups in total. The number of hydrogen-bond donors (Lipinski definition) is 0. The van der Waals surface area contributed by atoms with Crippen LogP contribution >= 0.6 is 0 Å². The lowest BCUT2D eigenvalue weighted by Gasteiger charge is -2.10. The molecule has 96 valence electrons. The molecule has 0 fully saturated rings. The number of benzene rings is 2. The molecule has 0 saturated carbocycles. The van der Waals surface area contributed by atoms with E-state index in [1.807, 2.05) is 38.1 Å². The lowest BCUT2D eigenvalue weighted by atomic mass is 10.1. The van der Waals surface area contributed by atoms with E-state index in [-0.39, 0.29) is 11.3 Å². The second kappa shape index (κ2) is 5.53. The molecule has 0 heterocycles. The molecule has 3 heteroatoms. The summed E-state index contributed by atoms with van der Waals surface area (Å²) in [5.41, 5.74) is 3.57. The van der Waals surface area contributed by atoms with Gasteiger partial charge in [0.2, 0.25) is 0 Å². The zero-order valence-corrected chi connectivity index (χ0v) is 10.9. The maximum Gasteiger partial charge on any atom is 0.166 e.